The van der Waals surface area contributed by atoms with Crippen LogP contribution in [-0.4, -0.2) is 41.2 Å². The van der Waals surface area contributed by atoms with Gasteiger partial charge in [0.1, 0.15) is 6.54 Å². The Labute approximate surface area is 115 Å². The molecule has 0 atom stereocenters. The first-order chi connectivity index (χ1) is 8.60. The molecule has 0 saturated carbocycles. The fourth-order valence-electron chi connectivity index (χ4n) is 1.99. The van der Waals surface area contributed by atoms with E-state index in [0.29, 0.717) is 13.1 Å². The third-order valence-corrected chi connectivity index (χ3v) is 3.50. The number of halogens is 1. The lowest BCUT2D eigenvalue weighted by atomic mass is 10.2. The molecule has 0 aliphatic carbocycles. The molecule has 0 spiro atoms. The van der Waals surface area contributed by atoms with Gasteiger partial charge in [0.2, 0.25) is 11.8 Å². The van der Waals surface area contributed by atoms with Crippen molar-refractivity contribution in [3.8, 4) is 0 Å². The van der Waals surface area contributed by atoms with E-state index in [0.717, 1.165) is 10.0 Å². The molecule has 1 aromatic rings. The summed E-state index contributed by atoms with van der Waals surface area (Å²) in [4.78, 5) is 26.9. The van der Waals surface area contributed by atoms with Crippen molar-refractivity contribution in [2.45, 2.75) is 13.5 Å². The lowest BCUT2D eigenvalue weighted by Gasteiger charge is -2.33. The number of nitrogens with zero attached hydrogens (tertiary/aromatic N) is 2. The predicted molar refractivity (Wildman–Crippen MR) is 71.8 cm³/mol. The highest BCUT2D eigenvalue weighted by molar-refractivity contribution is 9.10. The van der Waals surface area contributed by atoms with Crippen LogP contribution in [0, 0.1) is 0 Å². The Hall–Kier alpha value is -1.36. The van der Waals surface area contributed by atoms with Gasteiger partial charge >= 0.3 is 0 Å². The number of piperazine rings is 1. The van der Waals surface area contributed by atoms with E-state index in [1.54, 1.807) is 9.80 Å². The Morgan fingerprint density at radius 1 is 1.17 bits per heavy atom. The van der Waals surface area contributed by atoms with Crippen molar-refractivity contribution in [2.75, 3.05) is 19.6 Å². The van der Waals surface area contributed by atoms with Crippen molar-refractivity contribution < 1.29 is 9.59 Å². The van der Waals surface area contributed by atoms with Crippen LogP contribution in [0.25, 0.3) is 0 Å². The molecule has 1 saturated heterocycles. The molecule has 96 valence electrons. The van der Waals surface area contributed by atoms with Crippen molar-refractivity contribution in [3.05, 3.63) is 34.3 Å². The van der Waals surface area contributed by atoms with Crippen molar-refractivity contribution in [1.82, 2.24) is 9.80 Å². The van der Waals surface area contributed by atoms with Crippen LogP contribution in [0.15, 0.2) is 28.7 Å². The summed E-state index contributed by atoms with van der Waals surface area (Å²) >= 11 is 3.40. The molecule has 4 nitrogen and oxygen atoms in total. The van der Waals surface area contributed by atoms with Gasteiger partial charge in [0.25, 0.3) is 0 Å². The standard InChI is InChI=1S/C13H15BrN2O2/c1-2-15-8-13(18)16(9-12(15)17)7-10-4-3-5-11(14)6-10/h3-6H,2,7-9H2,1H3. The van der Waals surface area contributed by atoms with Gasteiger partial charge in [-0.25, -0.2) is 0 Å². The quantitative estimate of drug-likeness (QED) is 0.851. The van der Waals surface area contributed by atoms with E-state index in [2.05, 4.69) is 15.9 Å². The number of hydrogen-bond donors (Lipinski definition) is 0. The summed E-state index contributed by atoms with van der Waals surface area (Å²) in [5.74, 6) is 0.0310. The van der Waals surface area contributed by atoms with Gasteiger partial charge in [0.15, 0.2) is 0 Å². The van der Waals surface area contributed by atoms with E-state index in [9.17, 15) is 9.59 Å². The molecule has 0 N–H and O–H groups in total. The van der Waals surface area contributed by atoms with Gasteiger partial charge in [0, 0.05) is 17.6 Å². The third kappa shape index (κ3) is 2.90. The van der Waals surface area contributed by atoms with Crippen molar-refractivity contribution in [1.29, 1.82) is 0 Å². The molecule has 1 heterocycles. The molecule has 1 aliphatic rings. The molecule has 0 radical (unpaired) electrons. The molecule has 1 fully saturated rings. The normalized spacial score (nSPS) is 16.3. The van der Waals surface area contributed by atoms with Crippen LogP contribution in [0.2, 0.25) is 0 Å². The minimum absolute atomic E-state index is 0.0106. The van der Waals surface area contributed by atoms with Gasteiger partial charge in [-0.2, -0.15) is 0 Å². The molecule has 1 aromatic carbocycles. The Balaban J connectivity index is 2.06. The van der Waals surface area contributed by atoms with Crippen molar-refractivity contribution in [3.63, 3.8) is 0 Å². The lowest BCUT2D eigenvalue weighted by molar-refractivity contribution is -0.150. The zero-order valence-corrected chi connectivity index (χ0v) is 11.8. The SMILES string of the molecule is CCN1CC(=O)N(Cc2cccc(Br)c2)CC1=O. The van der Waals surface area contributed by atoms with Crippen LogP contribution in [0.5, 0.6) is 0 Å². The van der Waals surface area contributed by atoms with Gasteiger partial charge in [-0.1, -0.05) is 28.1 Å². The fraction of sp³-hybridized carbons (Fsp3) is 0.385. The minimum Gasteiger partial charge on any atom is -0.332 e. The van der Waals surface area contributed by atoms with Crippen LogP contribution >= 0.6 is 15.9 Å². The second-order valence-corrected chi connectivity index (χ2v) is 5.20. The number of hydrogen-bond acceptors (Lipinski definition) is 2. The van der Waals surface area contributed by atoms with Crippen LogP contribution in [-0.2, 0) is 16.1 Å². The Kier molecular flexibility index (Phi) is 4.01. The van der Waals surface area contributed by atoms with E-state index in [-0.39, 0.29) is 24.9 Å². The second kappa shape index (κ2) is 5.52. The van der Waals surface area contributed by atoms with Gasteiger partial charge in [-0.15, -0.1) is 0 Å². The summed E-state index contributed by atoms with van der Waals surface area (Å²) in [6.45, 7) is 3.34. The number of carbonyl (C=O) groups is 2. The summed E-state index contributed by atoms with van der Waals surface area (Å²) in [7, 11) is 0. The van der Waals surface area contributed by atoms with E-state index < -0.39 is 0 Å². The Morgan fingerprint density at radius 2 is 1.83 bits per heavy atom. The summed E-state index contributed by atoms with van der Waals surface area (Å²) in [5.41, 5.74) is 1.02. The highest BCUT2D eigenvalue weighted by Crippen LogP contribution is 2.15. The molecule has 5 heteroatoms. The fourth-order valence-corrected chi connectivity index (χ4v) is 2.44. The first-order valence-electron chi connectivity index (χ1n) is 5.90. The van der Waals surface area contributed by atoms with E-state index >= 15 is 0 Å². The van der Waals surface area contributed by atoms with Gasteiger partial charge in [-0.05, 0) is 24.6 Å². The van der Waals surface area contributed by atoms with E-state index in [1.165, 1.54) is 0 Å². The molecule has 1 aliphatic heterocycles. The average molecular weight is 311 g/mol. The summed E-state index contributed by atoms with van der Waals surface area (Å²) in [6.07, 6.45) is 0. The lowest BCUT2D eigenvalue weighted by Crippen LogP contribution is -2.53. The molecule has 0 unspecified atom stereocenters. The zero-order chi connectivity index (χ0) is 13.1. The van der Waals surface area contributed by atoms with Gasteiger partial charge in [-0.3, -0.25) is 9.59 Å². The van der Waals surface area contributed by atoms with Crippen LogP contribution in [0.4, 0.5) is 0 Å². The first kappa shape index (κ1) is 13.1. The monoisotopic (exact) mass is 310 g/mol. The molecular formula is C13H15BrN2O2. The molecule has 0 aromatic heterocycles. The highest BCUT2D eigenvalue weighted by Gasteiger charge is 2.28. The smallest absolute Gasteiger partial charge is 0.242 e. The molecule has 0 bridgehead atoms. The molecular weight excluding hydrogens is 296 g/mol. The Bertz CT molecular complexity index is 476. The van der Waals surface area contributed by atoms with Crippen LogP contribution in [0.3, 0.4) is 0 Å². The third-order valence-electron chi connectivity index (χ3n) is 3.00. The minimum atomic E-state index is 0.0106. The molecule has 2 amide bonds. The maximum Gasteiger partial charge on any atom is 0.242 e. The molecule has 2 rings (SSSR count). The zero-order valence-electron chi connectivity index (χ0n) is 10.2. The van der Waals surface area contributed by atoms with Crippen LogP contribution < -0.4 is 0 Å². The summed E-state index contributed by atoms with van der Waals surface area (Å²) < 4.78 is 0.978. The predicted octanol–water partition coefficient (Wildman–Crippen LogP) is 1.64. The topological polar surface area (TPSA) is 40.6 Å². The average Bonchev–Trinajstić information content (AvgIpc) is 2.33. The largest absolute Gasteiger partial charge is 0.332 e. The van der Waals surface area contributed by atoms with Crippen LogP contribution in [0.1, 0.15) is 12.5 Å². The van der Waals surface area contributed by atoms with Crippen molar-refractivity contribution >= 4 is 27.7 Å². The highest BCUT2D eigenvalue weighted by atomic mass is 79.9. The maximum absolute atomic E-state index is 11.9. The van der Waals surface area contributed by atoms with Gasteiger partial charge < -0.3 is 9.80 Å². The van der Waals surface area contributed by atoms with E-state index in [1.807, 2.05) is 31.2 Å². The number of amides is 2. The molecule has 18 heavy (non-hydrogen) atoms. The van der Waals surface area contributed by atoms with Crippen molar-refractivity contribution in [2.24, 2.45) is 0 Å². The number of carbonyl (C=O) groups excluding carboxylic acids is 2. The van der Waals surface area contributed by atoms with E-state index in [4.69, 9.17) is 0 Å². The summed E-state index contributed by atoms with van der Waals surface area (Å²) in [6, 6.07) is 7.78. The summed E-state index contributed by atoms with van der Waals surface area (Å²) in [5, 5.41) is 0. The van der Waals surface area contributed by atoms with Gasteiger partial charge in [0.05, 0.1) is 6.54 Å². The second-order valence-electron chi connectivity index (χ2n) is 4.29. The number of benzene rings is 1. The Morgan fingerprint density at radius 3 is 2.50 bits per heavy atom. The number of likely N-dealkylation sites (N-methyl/N-ethyl adjacent to an activating group) is 1. The number of rotatable bonds is 3. The maximum atomic E-state index is 11.9. The first-order valence-corrected chi connectivity index (χ1v) is 6.69.